The number of benzene rings is 1. The number of amides is 1. The summed E-state index contributed by atoms with van der Waals surface area (Å²) in [7, 11) is 0. The average Bonchev–Trinajstić information content (AvgIpc) is 3.54. The van der Waals surface area contributed by atoms with Crippen molar-refractivity contribution in [3.05, 3.63) is 70.4 Å². The molecule has 0 radical (unpaired) electrons. The number of hydrogen-bond acceptors (Lipinski definition) is 10. The van der Waals surface area contributed by atoms with E-state index in [0.29, 0.717) is 22.2 Å². The highest BCUT2D eigenvalue weighted by Gasteiger charge is 2.24. The SMILES string of the molecule is CC(/C=N/NC(=O)c1nnn(-c2nonc2N)c1CSc1ccc(Cl)cc1)=C\c1ccco1. The molecule has 3 heterocycles. The fraction of sp³-hybridized carbons (Fsp3) is 0.100. The Balaban J connectivity index is 1.54. The van der Waals surface area contributed by atoms with E-state index in [9.17, 15) is 4.79 Å². The van der Waals surface area contributed by atoms with Crippen LogP contribution in [-0.2, 0) is 5.75 Å². The molecule has 0 fully saturated rings. The summed E-state index contributed by atoms with van der Waals surface area (Å²) in [4.78, 5) is 13.7. The number of thioether (sulfide) groups is 1. The second-order valence-electron chi connectivity index (χ2n) is 6.62. The summed E-state index contributed by atoms with van der Waals surface area (Å²) in [5.41, 5.74) is 9.53. The lowest BCUT2D eigenvalue weighted by Gasteiger charge is -2.06. The molecular weight excluding hydrogens is 468 g/mol. The zero-order chi connectivity index (χ0) is 23.2. The van der Waals surface area contributed by atoms with Crippen LogP contribution in [0.15, 0.2) is 67.3 Å². The number of nitrogens with two attached hydrogens (primary N) is 1. The van der Waals surface area contributed by atoms with Gasteiger partial charge < -0.3 is 10.2 Å². The van der Waals surface area contributed by atoms with Crippen LogP contribution in [0, 0.1) is 0 Å². The summed E-state index contributed by atoms with van der Waals surface area (Å²) in [6, 6.07) is 10.9. The molecule has 4 aromatic rings. The molecule has 0 bridgehead atoms. The molecule has 0 aliphatic rings. The van der Waals surface area contributed by atoms with Crippen LogP contribution in [0.25, 0.3) is 11.9 Å². The smallest absolute Gasteiger partial charge is 0.293 e. The van der Waals surface area contributed by atoms with E-state index in [2.05, 4.69) is 35.8 Å². The Hall–Kier alpha value is -3.90. The Morgan fingerprint density at radius 3 is 2.82 bits per heavy atom. The van der Waals surface area contributed by atoms with Crippen molar-refractivity contribution in [2.24, 2.45) is 5.10 Å². The third-order valence-electron chi connectivity index (χ3n) is 4.21. The Morgan fingerprint density at radius 2 is 2.12 bits per heavy atom. The van der Waals surface area contributed by atoms with Gasteiger partial charge in [0, 0.05) is 15.7 Å². The number of rotatable bonds is 8. The number of nitrogens with one attached hydrogen (secondary N) is 1. The summed E-state index contributed by atoms with van der Waals surface area (Å²) in [5.74, 6) is 0.596. The molecule has 0 aliphatic carbocycles. The Bertz CT molecular complexity index is 1300. The number of aromatic nitrogens is 5. The summed E-state index contributed by atoms with van der Waals surface area (Å²) in [5, 5.41) is 19.9. The molecular formula is C20H17ClN8O3S. The van der Waals surface area contributed by atoms with Crippen molar-refractivity contribution in [1.82, 2.24) is 30.7 Å². The fourth-order valence-corrected chi connectivity index (χ4v) is 3.70. The van der Waals surface area contributed by atoms with Crippen LogP contribution in [0.2, 0.25) is 5.02 Å². The van der Waals surface area contributed by atoms with E-state index in [1.54, 1.807) is 30.5 Å². The second-order valence-corrected chi connectivity index (χ2v) is 8.10. The lowest BCUT2D eigenvalue weighted by molar-refractivity contribution is 0.0949. The Morgan fingerprint density at radius 1 is 1.30 bits per heavy atom. The molecule has 0 unspecified atom stereocenters. The standard InChI is InChI=1S/C20H17ClN8O3S/c1-12(9-14-3-2-8-31-14)10-23-25-20(30)17-16(11-33-15-6-4-13(21)5-7-15)29(28-24-17)19-18(22)26-32-27-19/h2-10H,11H2,1H3,(H2,22,26)(H,25,30)/b12-9+,23-10+. The van der Waals surface area contributed by atoms with E-state index >= 15 is 0 Å². The number of furan rings is 1. The van der Waals surface area contributed by atoms with Gasteiger partial charge in [0.2, 0.25) is 11.6 Å². The number of halogens is 1. The van der Waals surface area contributed by atoms with Crippen LogP contribution >= 0.6 is 23.4 Å². The molecule has 0 atom stereocenters. The van der Waals surface area contributed by atoms with Gasteiger partial charge in [-0.3, -0.25) is 4.79 Å². The maximum atomic E-state index is 12.8. The van der Waals surface area contributed by atoms with Crippen LogP contribution in [0.1, 0.15) is 28.9 Å². The van der Waals surface area contributed by atoms with Crippen molar-refractivity contribution in [2.45, 2.75) is 17.6 Å². The number of hydrogen-bond donors (Lipinski definition) is 2. The highest BCUT2D eigenvalue weighted by atomic mass is 35.5. The van der Waals surface area contributed by atoms with E-state index in [-0.39, 0.29) is 17.3 Å². The van der Waals surface area contributed by atoms with Gasteiger partial charge in [0.25, 0.3) is 5.91 Å². The molecule has 0 saturated heterocycles. The molecule has 0 saturated carbocycles. The van der Waals surface area contributed by atoms with Crippen LogP contribution in [0.5, 0.6) is 0 Å². The average molecular weight is 485 g/mol. The van der Waals surface area contributed by atoms with Gasteiger partial charge in [-0.05, 0) is 65.3 Å². The molecule has 1 aromatic carbocycles. The molecule has 11 nitrogen and oxygen atoms in total. The minimum absolute atomic E-state index is 0.0151. The number of nitrogens with zero attached hydrogens (tertiary/aromatic N) is 6. The molecule has 168 valence electrons. The van der Waals surface area contributed by atoms with Crippen LogP contribution in [0.3, 0.4) is 0 Å². The Labute approximate surface area is 196 Å². The van der Waals surface area contributed by atoms with Gasteiger partial charge in [-0.15, -0.1) is 16.9 Å². The van der Waals surface area contributed by atoms with E-state index in [1.165, 1.54) is 22.7 Å². The van der Waals surface area contributed by atoms with Gasteiger partial charge in [0.15, 0.2) is 5.69 Å². The molecule has 0 spiro atoms. The largest absolute Gasteiger partial charge is 0.465 e. The number of allylic oxidation sites excluding steroid dienone is 1. The minimum atomic E-state index is -0.551. The van der Waals surface area contributed by atoms with Gasteiger partial charge in [-0.2, -0.15) is 9.78 Å². The van der Waals surface area contributed by atoms with E-state index in [4.69, 9.17) is 21.8 Å². The lowest BCUT2D eigenvalue weighted by Crippen LogP contribution is -2.20. The fourth-order valence-electron chi connectivity index (χ4n) is 2.68. The monoisotopic (exact) mass is 484 g/mol. The molecule has 3 aromatic heterocycles. The summed E-state index contributed by atoms with van der Waals surface area (Å²) in [6.07, 6.45) is 4.84. The summed E-state index contributed by atoms with van der Waals surface area (Å²) >= 11 is 7.40. The van der Waals surface area contributed by atoms with Crippen LogP contribution in [0.4, 0.5) is 5.82 Å². The number of carbonyl (C=O) groups excluding carboxylic acids is 1. The molecule has 33 heavy (non-hydrogen) atoms. The van der Waals surface area contributed by atoms with Crippen molar-refractivity contribution < 1.29 is 13.8 Å². The molecule has 13 heteroatoms. The molecule has 4 rings (SSSR count). The first-order chi connectivity index (χ1) is 16.0. The van der Waals surface area contributed by atoms with Crippen LogP contribution in [-0.4, -0.2) is 37.4 Å². The summed E-state index contributed by atoms with van der Waals surface area (Å²) < 4.78 is 11.2. The van der Waals surface area contributed by atoms with E-state index in [0.717, 1.165) is 10.5 Å². The molecule has 1 amide bonds. The van der Waals surface area contributed by atoms with Crippen molar-refractivity contribution in [3.63, 3.8) is 0 Å². The number of nitrogen functional groups attached to an aromatic ring is 1. The van der Waals surface area contributed by atoms with E-state index < -0.39 is 5.91 Å². The zero-order valence-corrected chi connectivity index (χ0v) is 18.7. The van der Waals surface area contributed by atoms with Crippen molar-refractivity contribution in [3.8, 4) is 5.82 Å². The normalized spacial score (nSPS) is 11.9. The second kappa shape index (κ2) is 10.1. The van der Waals surface area contributed by atoms with Crippen molar-refractivity contribution in [2.75, 3.05) is 5.73 Å². The van der Waals surface area contributed by atoms with Crippen LogP contribution < -0.4 is 11.2 Å². The lowest BCUT2D eigenvalue weighted by atomic mass is 10.3. The van der Waals surface area contributed by atoms with Gasteiger partial charge in [-0.25, -0.2) is 10.1 Å². The summed E-state index contributed by atoms with van der Waals surface area (Å²) in [6.45, 7) is 1.82. The third-order valence-corrected chi connectivity index (χ3v) is 5.49. The Kier molecular flexibility index (Phi) is 6.86. The zero-order valence-electron chi connectivity index (χ0n) is 17.2. The first kappa shape index (κ1) is 22.3. The first-order valence-corrected chi connectivity index (χ1v) is 10.8. The highest BCUT2D eigenvalue weighted by molar-refractivity contribution is 7.98. The maximum Gasteiger partial charge on any atom is 0.293 e. The third kappa shape index (κ3) is 5.48. The molecule has 3 N–H and O–H groups in total. The van der Waals surface area contributed by atoms with Crippen molar-refractivity contribution >= 4 is 47.4 Å². The van der Waals surface area contributed by atoms with Crippen molar-refractivity contribution in [1.29, 1.82) is 0 Å². The van der Waals surface area contributed by atoms with Gasteiger partial charge in [0.1, 0.15) is 5.76 Å². The first-order valence-electron chi connectivity index (χ1n) is 9.48. The quantitative estimate of drug-likeness (QED) is 0.217. The number of hydrazone groups is 1. The number of carbonyl (C=O) groups is 1. The molecule has 0 aliphatic heterocycles. The highest BCUT2D eigenvalue weighted by Crippen LogP contribution is 2.27. The minimum Gasteiger partial charge on any atom is -0.465 e. The topological polar surface area (TPSA) is 150 Å². The maximum absolute atomic E-state index is 12.8. The van der Waals surface area contributed by atoms with E-state index in [1.807, 2.05) is 25.1 Å². The number of anilines is 1. The van der Waals surface area contributed by atoms with Gasteiger partial charge in [0.05, 0.1) is 18.2 Å². The van der Waals surface area contributed by atoms with Gasteiger partial charge in [-0.1, -0.05) is 16.8 Å². The van der Waals surface area contributed by atoms with Gasteiger partial charge >= 0.3 is 0 Å². The predicted octanol–water partition coefficient (Wildman–Crippen LogP) is 3.59. The predicted molar refractivity (Wildman–Crippen MR) is 123 cm³/mol.